The van der Waals surface area contributed by atoms with Crippen molar-refractivity contribution >= 4 is 6.19 Å². The fraction of sp³-hybridized carbons (Fsp3) is 0.125. The van der Waals surface area contributed by atoms with Crippen molar-refractivity contribution in [3.8, 4) is 0 Å². The van der Waals surface area contributed by atoms with Crippen LogP contribution in [0.4, 0.5) is 0 Å². The highest BCUT2D eigenvalue weighted by atomic mass is 16.5. The van der Waals surface area contributed by atoms with Crippen LogP contribution < -0.4 is 0 Å². The molecule has 0 bridgehead atoms. The molecule has 10 heavy (non-hydrogen) atoms. The van der Waals surface area contributed by atoms with Crippen LogP contribution in [0.3, 0.4) is 0 Å². The maximum atomic E-state index is 10.6. The second kappa shape index (κ2) is 3.01. The Balaban J connectivity index is 3.04. The third-order valence-electron chi connectivity index (χ3n) is 1.06. The zero-order valence-corrected chi connectivity index (χ0v) is 5.74. The van der Waals surface area contributed by atoms with Gasteiger partial charge in [-0.3, -0.25) is 0 Å². The molecule has 0 radical (unpaired) electrons. The van der Waals surface area contributed by atoms with Gasteiger partial charge in [-0.15, -0.1) is 0 Å². The molecule has 2 heteroatoms. The molecule has 0 heterocycles. The monoisotopic (exact) mass is 136 g/mol. The lowest BCUT2D eigenvalue weighted by atomic mass is 10.2. The van der Waals surface area contributed by atoms with Crippen LogP contribution in [-0.2, 0) is 0 Å². The number of rotatable bonds is 1. The topological polar surface area (TPSA) is 26.1 Å². The average molecular weight is 136 g/mol. The summed E-state index contributed by atoms with van der Waals surface area (Å²) < 4.78 is 7.83. The third-order valence-corrected chi connectivity index (χ3v) is 1.06. The van der Waals surface area contributed by atoms with Crippen LogP contribution in [0, 0.1) is 5.21 Å². The van der Waals surface area contributed by atoms with E-state index in [4.69, 9.17) is 1.37 Å². The Morgan fingerprint density at radius 2 is 2.10 bits per heavy atom. The van der Waals surface area contributed by atoms with E-state index < -0.39 is 0 Å². The molecule has 0 amide bonds. The highest BCUT2D eigenvalue weighted by molar-refractivity contribution is 5.75. The molecule has 0 aliphatic heterocycles. The predicted molar refractivity (Wildman–Crippen MR) is 41.2 cm³/mol. The van der Waals surface area contributed by atoms with E-state index in [2.05, 4.69) is 0 Å². The van der Waals surface area contributed by atoms with E-state index in [1.807, 2.05) is 6.07 Å². The van der Waals surface area contributed by atoms with Crippen LogP contribution >= 0.6 is 0 Å². The van der Waals surface area contributed by atoms with Crippen LogP contribution in [0.15, 0.2) is 30.3 Å². The summed E-state index contributed by atoms with van der Waals surface area (Å²) >= 11 is 0. The fourth-order valence-electron chi connectivity index (χ4n) is 0.694. The molecule has 52 valence electrons. The van der Waals surface area contributed by atoms with Crippen LogP contribution in [0.2, 0.25) is 0 Å². The van der Waals surface area contributed by atoms with E-state index in [9.17, 15) is 5.21 Å². The lowest BCUT2D eigenvalue weighted by Crippen LogP contribution is -1.96. The van der Waals surface area contributed by atoms with Gasteiger partial charge in [-0.2, -0.15) is 0 Å². The zero-order chi connectivity index (χ0) is 8.27. The zero-order valence-electron chi connectivity index (χ0n) is 6.74. The van der Waals surface area contributed by atoms with Crippen molar-refractivity contribution in [3.05, 3.63) is 41.1 Å². The largest absolute Gasteiger partial charge is 0.624 e. The highest BCUT2D eigenvalue weighted by Gasteiger charge is 1.86. The molecule has 0 fully saturated rings. The molecule has 1 aromatic rings. The molecule has 0 aliphatic carbocycles. The predicted octanol–water partition coefficient (Wildman–Crippen LogP) is 1.25. The Bertz CT molecular complexity index is 265. The first kappa shape index (κ1) is 5.47. The minimum absolute atomic E-state index is 0.00870. The molecule has 0 atom stereocenters. The maximum absolute atomic E-state index is 10.6. The fourth-order valence-corrected chi connectivity index (χ4v) is 0.694. The molecule has 1 rings (SSSR count). The second-order valence-electron chi connectivity index (χ2n) is 1.98. The van der Waals surface area contributed by atoms with Gasteiger partial charge in [-0.05, 0) is 12.1 Å². The van der Waals surface area contributed by atoms with Gasteiger partial charge in [-0.1, -0.05) is 18.2 Å². The van der Waals surface area contributed by atoms with Crippen LogP contribution in [0.25, 0.3) is 0 Å². The number of hydroxylamine groups is 1. The Morgan fingerprint density at radius 1 is 1.50 bits per heavy atom. The lowest BCUT2D eigenvalue weighted by Gasteiger charge is -1.93. The van der Waals surface area contributed by atoms with Crippen molar-refractivity contribution in [1.29, 1.82) is 0 Å². The third kappa shape index (κ3) is 1.90. The summed E-state index contributed by atoms with van der Waals surface area (Å²) in [6.07, 6.45) is -0.00870. The normalized spacial score (nSPS) is 13.9. The summed E-state index contributed by atoms with van der Waals surface area (Å²) in [5.74, 6) is 0. The van der Waals surface area contributed by atoms with E-state index in [1.54, 1.807) is 24.3 Å². The number of benzene rings is 1. The summed E-state index contributed by atoms with van der Waals surface area (Å²) in [5.41, 5.74) is 0.644. The van der Waals surface area contributed by atoms with Gasteiger partial charge in [0.2, 0.25) is 0 Å². The molecule has 0 spiro atoms. The lowest BCUT2D eigenvalue weighted by molar-refractivity contribution is -0.416. The van der Waals surface area contributed by atoms with Gasteiger partial charge in [0.15, 0.2) is 6.19 Å². The van der Waals surface area contributed by atoms with E-state index in [1.165, 1.54) is 7.05 Å². The van der Waals surface area contributed by atoms with Crippen LogP contribution in [0.1, 0.15) is 6.93 Å². The molecule has 1 aromatic carbocycles. The Kier molecular flexibility index (Phi) is 1.65. The van der Waals surface area contributed by atoms with Gasteiger partial charge in [0.25, 0.3) is 0 Å². The molecular formula is C8H9NO. The first-order valence-electron chi connectivity index (χ1n) is 3.51. The van der Waals surface area contributed by atoms with Gasteiger partial charge in [0, 0.05) is 5.56 Å². The van der Waals surface area contributed by atoms with Crippen molar-refractivity contribution in [2.24, 2.45) is 0 Å². The Morgan fingerprint density at radius 3 is 2.60 bits per heavy atom. The van der Waals surface area contributed by atoms with E-state index in [0.717, 1.165) is 0 Å². The van der Waals surface area contributed by atoms with E-state index in [-0.39, 0.29) is 6.19 Å². The molecule has 0 aromatic heterocycles. The molecule has 0 aliphatic rings. The standard InChI is InChI=1S/C8H9NO/c1-9(10)7-8-5-3-2-4-6-8/h2-7H,1H3/b9-7+/i7D. The van der Waals surface area contributed by atoms with Gasteiger partial charge in [0.1, 0.15) is 8.42 Å². The average Bonchev–Trinajstić information content (AvgIpc) is 2.05. The van der Waals surface area contributed by atoms with Crippen molar-refractivity contribution in [1.82, 2.24) is 0 Å². The summed E-state index contributed by atoms with van der Waals surface area (Å²) in [5, 5.41) is 10.6. The van der Waals surface area contributed by atoms with E-state index in [0.29, 0.717) is 10.3 Å². The van der Waals surface area contributed by atoms with Crippen LogP contribution in [-0.4, -0.2) is 18.0 Å². The van der Waals surface area contributed by atoms with Crippen molar-refractivity contribution in [2.45, 2.75) is 0 Å². The second-order valence-corrected chi connectivity index (χ2v) is 1.98. The Labute approximate surface area is 61.4 Å². The first-order chi connectivity index (χ1) is 5.22. The van der Waals surface area contributed by atoms with Crippen molar-refractivity contribution in [2.75, 3.05) is 7.05 Å². The van der Waals surface area contributed by atoms with Gasteiger partial charge in [-0.25, -0.2) is 4.74 Å². The van der Waals surface area contributed by atoms with Crippen molar-refractivity contribution < 1.29 is 6.11 Å². The first-order valence-corrected chi connectivity index (χ1v) is 3.01. The smallest absolute Gasteiger partial charge is 0.181 e. The summed E-state index contributed by atoms with van der Waals surface area (Å²) in [4.78, 5) is 0. The molecule has 0 N–H and O–H groups in total. The van der Waals surface area contributed by atoms with Crippen LogP contribution in [0.5, 0.6) is 0 Å². The maximum Gasteiger partial charge on any atom is 0.181 e. The van der Waals surface area contributed by atoms with Gasteiger partial charge in [0.05, 0.1) is 0 Å². The minimum Gasteiger partial charge on any atom is -0.624 e. The molecule has 0 saturated heterocycles. The number of hydrogen-bond acceptors (Lipinski definition) is 1. The van der Waals surface area contributed by atoms with E-state index >= 15 is 0 Å². The van der Waals surface area contributed by atoms with Crippen molar-refractivity contribution in [3.63, 3.8) is 0 Å². The molecular weight excluding hydrogens is 126 g/mol. The number of hydrogen-bond donors (Lipinski definition) is 0. The highest BCUT2D eigenvalue weighted by Crippen LogP contribution is 1.92. The SMILES string of the molecule is [2H]/C(c1ccccc1)=[N+](/C)[O-]. The molecule has 0 unspecified atom stereocenters. The quantitative estimate of drug-likeness (QED) is 0.247. The van der Waals surface area contributed by atoms with Gasteiger partial charge >= 0.3 is 0 Å². The minimum atomic E-state index is -0.00870. The Hall–Kier alpha value is -1.31. The molecule has 0 saturated carbocycles. The summed E-state index contributed by atoms with van der Waals surface area (Å²) in [6, 6.07) is 8.91. The molecule has 2 nitrogen and oxygen atoms in total. The summed E-state index contributed by atoms with van der Waals surface area (Å²) in [7, 11) is 1.31. The summed E-state index contributed by atoms with van der Waals surface area (Å²) in [6.45, 7) is 0. The van der Waals surface area contributed by atoms with Gasteiger partial charge < -0.3 is 5.21 Å². The number of nitrogens with zero attached hydrogens (tertiary/aromatic N) is 1.